The maximum absolute atomic E-state index is 13.1. The van der Waals surface area contributed by atoms with E-state index in [4.69, 9.17) is 0 Å². The van der Waals surface area contributed by atoms with Crippen LogP contribution in [0.5, 0.6) is 0 Å². The summed E-state index contributed by atoms with van der Waals surface area (Å²) in [4.78, 5) is 38.4. The first-order valence-corrected chi connectivity index (χ1v) is 11.2. The lowest BCUT2D eigenvalue weighted by Gasteiger charge is -2.55. The van der Waals surface area contributed by atoms with Crippen LogP contribution in [0.25, 0.3) is 0 Å². The summed E-state index contributed by atoms with van der Waals surface area (Å²) in [6.45, 7) is 5.71. The van der Waals surface area contributed by atoms with Crippen LogP contribution in [0, 0.1) is 36.0 Å². The van der Waals surface area contributed by atoms with Gasteiger partial charge < -0.3 is 5.32 Å². The summed E-state index contributed by atoms with van der Waals surface area (Å²) in [5, 5.41) is 2.81. The van der Waals surface area contributed by atoms with Gasteiger partial charge >= 0.3 is 0 Å². The number of hydrogen-bond donors (Lipinski definition) is 3. The molecule has 6 heteroatoms. The minimum absolute atomic E-state index is 0.0534. The number of carbonyl (C=O) groups is 3. The van der Waals surface area contributed by atoms with Crippen molar-refractivity contribution in [2.75, 3.05) is 0 Å². The summed E-state index contributed by atoms with van der Waals surface area (Å²) in [5.41, 5.74) is 6.57. The average molecular weight is 412 g/mol. The van der Waals surface area contributed by atoms with Crippen molar-refractivity contribution in [3.8, 4) is 0 Å². The minimum Gasteiger partial charge on any atom is -0.340 e. The van der Waals surface area contributed by atoms with Gasteiger partial charge in [0.15, 0.2) is 0 Å². The highest BCUT2D eigenvalue weighted by atomic mass is 16.2. The molecule has 3 amide bonds. The summed E-state index contributed by atoms with van der Waals surface area (Å²) in [7, 11) is 0. The summed E-state index contributed by atoms with van der Waals surface area (Å²) >= 11 is 0. The Kier molecular flexibility index (Phi) is 5.60. The van der Waals surface area contributed by atoms with E-state index in [-0.39, 0.29) is 29.1 Å². The Balaban J connectivity index is 1.36. The molecule has 4 saturated carbocycles. The molecular formula is C24H33N3O3. The largest absolute Gasteiger partial charge is 0.340 e. The number of aryl methyl sites for hydroxylation is 1. The topological polar surface area (TPSA) is 87.3 Å². The summed E-state index contributed by atoms with van der Waals surface area (Å²) < 4.78 is 0. The van der Waals surface area contributed by atoms with Gasteiger partial charge in [0.25, 0.3) is 11.8 Å². The molecule has 0 spiro atoms. The molecule has 4 fully saturated rings. The van der Waals surface area contributed by atoms with Gasteiger partial charge in [0, 0.05) is 5.56 Å². The third-order valence-corrected chi connectivity index (χ3v) is 7.37. The second-order valence-corrected chi connectivity index (χ2v) is 10.2. The fraction of sp³-hybridized carbons (Fsp3) is 0.625. The number of rotatable bonds is 5. The number of amides is 3. The summed E-state index contributed by atoms with van der Waals surface area (Å²) in [6.07, 6.45) is 6.62. The fourth-order valence-electron chi connectivity index (χ4n) is 6.18. The van der Waals surface area contributed by atoms with Crippen LogP contribution in [0.3, 0.4) is 0 Å². The Morgan fingerprint density at radius 3 is 1.93 bits per heavy atom. The number of nitrogens with one attached hydrogen (secondary N) is 3. The average Bonchev–Trinajstić information content (AvgIpc) is 2.69. The molecule has 30 heavy (non-hydrogen) atoms. The zero-order chi connectivity index (χ0) is 21.5. The van der Waals surface area contributed by atoms with Crippen molar-refractivity contribution in [1.82, 2.24) is 16.2 Å². The number of hydrazine groups is 1. The molecule has 0 saturated heterocycles. The molecule has 3 N–H and O–H groups in total. The highest BCUT2D eigenvalue weighted by Crippen LogP contribution is 2.60. The van der Waals surface area contributed by atoms with Gasteiger partial charge in [-0.05, 0) is 81.3 Å². The molecule has 4 bridgehead atoms. The molecular weight excluding hydrogens is 378 g/mol. The molecule has 4 aliphatic carbocycles. The van der Waals surface area contributed by atoms with Gasteiger partial charge in [-0.2, -0.15) is 0 Å². The number of benzene rings is 1. The highest BCUT2D eigenvalue weighted by Gasteiger charge is 2.54. The Morgan fingerprint density at radius 1 is 0.900 bits per heavy atom. The van der Waals surface area contributed by atoms with Crippen molar-refractivity contribution < 1.29 is 14.4 Å². The lowest BCUT2D eigenvalue weighted by Crippen LogP contribution is -2.59. The normalized spacial score (nSPS) is 30.1. The predicted octanol–water partition coefficient (Wildman–Crippen LogP) is 3.11. The van der Waals surface area contributed by atoms with Gasteiger partial charge in [-0.1, -0.05) is 31.5 Å². The fourth-order valence-corrected chi connectivity index (χ4v) is 6.18. The van der Waals surface area contributed by atoms with Gasteiger partial charge in [0.2, 0.25) is 5.91 Å². The van der Waals surface area contributed by atoms with Crippen LogP contribution in [0.2, 0.25) is 0 Å². The van der Waals surface area contributed by atoms with E-state index < -0.39 is 6.04 Å². The monoisotopic (exact) mass is 411 g/mol. The van der Waals surface area contributed by atoms with E-state index in [1.54, 1.807) is 12.1 Å². The molecule has 162 valence electrons. The molecule has 4 aliphatic rings. The van der Waals surface area contributed by atoms with E-state index >= 15 is 0 Å². The molecule has 6 nitrogen and oxygen atoms in total. The quantitative estimate of drug-likeness (QED) is 0.651. The molecule has 0 unspecified atom stereocenters. The van der Waals surface area contributed by atoms with Gasteiger partial charge in [-0.15, -0.1) is 0 Å². The SMILES string of the molecule is Cc1ccc(C(=O)N[C@H](C(=O)NNC(=O)C23CC4CC(CC(C4)C2)C3)C(C)C)cc1. The van der Waals surface area contributed by atoms with Crippen molar-refractivity contribution in [1.29, 1.82) is 0 Å². The first-order chi connectivity index (χ1) is 14.3. The van der Waals surface area contributed by atoms with Crippen molar-refractivity contribution in [3.05, 3.63) is 35.4 Å². The second-order valence-electron chi connectivity index (χ2n) is 10.2. The Labute approximate surface area is 178 Å². The number of hydrogen-bond acceptors (Lipinski definition) is 3. The predicted molar refractivity (Wildman–Crippen MR) is 114 cm³/mol. The highest BCUT2D eigenvalue weighted by molar-refractivity contribution is 5.98. The van der Waals surface area contributed by atoms with Crippen LogP contribution in [0.4, 0.5) is 0 Å². The summed E-state index contributed by atoms with van der Waals surface area (Å²) in [6, 6.07) is 6.50. The van der Waals surface area contributed by atoms with Gasteiger partial charge in [-0.3, -0.25) is 25.2 Å². The smallest absolute Gasteiger partial charge is 0.261 e. The van der Waals surface area contributed by atoms with Gasteiger partial charge in [0.1, 0.15) is 6.04 Å². The maximum Gasteiger partial charge on any atom is 0.261 e. The third kappa shape index (κ3) is 4.09. The van der Waals surface area contributed by atoms with E-state index in [2.05, 4.69) is 16.2 Å². The van der Waals surface area contributed by atoms with E-state index in [1.165, 1.54) is 19.3 Å². The van der Waals surface area contributed by atoms with Gasteiger partial charge in [0.05, 0.1) is 5.41 Å². The minimum atomic E-state index is -0.726. The first-order valence-electron chi connectivity index (χ1n) is 11.2. The van der Waals surface area contributed by atoms with E-state index in [9.17, 15) is 14.4 Å². The second kappa shape index (κ2) is 8.05. The van der Waals surface area contributed by atoms with Crippen molar-refractivity contribution in [2.24, 2.45) is 29.1 Å². The zero-order valence-electron chi connectivity index (χ0n) is 18.2. The first kappa shape index (κ1) is 20.9. The lowest BCUT2D eigenvalue weighted by molar-refractivity contribution is -0.149. The van der Waals surface area contributed by atoms with Crippen LogP contribution in [0.15, 0.2) is 24.3 Å². The standard InChI is InChI=1S/C24H33N3O3/c1-14(2)20(25-21(28)19-6-4-15(3)5-7-19)22(29)26-27-23(30)24-11-16-8-17(12-24)10-18(9-16)13-24/h4-7,14,16-18,20H,8-13H2,1-3H3,(H,25,28)(H,26,29)(H,27,30)/t16?,17?,18?,20-,24?/m0/s1. The Morgan fingerprint density at radius 2 is 1.43 bits per heavy atom. The Bertz CT molecular complexity index is 795. The summed E-state index contributed by atoms with van der Waals surface area (Å²) in [5.74, 6) is 1.14. The van der Waals surface area contributed by atoms with Crippen molar-refractivity contribution >= 4 is 17.7 Å². The van der Waals surface area contributed by atoms with E-state index in [1.807, 2.05) is 32.9 Å². The van der Waals surface area contributed by atoms with E-state index in [0.29, 0.717) is 23.3 Å². The molecule has 5 rings (SSSR count). The molecule has 0 radical (unpaired) electrons. The Hall–Kier alpha value is -2.37. The molecule has 1 aromatic carbocycles. The maximum atomic E-state index is 13.1. The van der Waals surface area contributed by atoms with Crippen LogP contribution < -0.4 is 16.2 Å². The lowest BCUT2D eigenvalue weighted by atomic mass is 9.49. The molecule has 0 aromatic heterocycles. The van der Waals surface area contributed by atoms with Crippen molar-refractivity contribution in [2.45, 2.75) is 65.3 Å². The van der Waals surface area contributed by atoms with Crippen molar-refractivity contribution in [3.63, 3.8) is 0 Å². The molecule has 0 heterocycles. The van der Waals surface area contributed by atoms with Crippen LogP contribution in [-0.4, -0.2) is 23.8 Å². The van der Waals surface area contributed by atoms with Crippen LogP contribution in [-0.2, 0) is 9.59 Å². The van der Waals surface area contributed by atoms with Crippen LogP contribution in [0.1, 0.15) is 68.3 Å². The molecule has 1 aromatic rings. The van der Waals surface area contributed by atoms with Gasteiger partial charge in [-0.25, -0.2) is 0 Å². The zero-order valence-corrected chi connectivity index (χ0v) is 18.2. The molecule has 1 atom stereocenters. The number of carbonyl (C=O) groups excluding carboxylic acids is 3. The molecule has 0 aliphatic heterocycles. The van der Waals surface area contributed by atoms with E-state index in [0.717, 1.165) is 24.8 Å². The third-order valence-electron chi connectivity index (χ3n) is 7.37. The van der Waals surface area contributed by atoms with Crippen LogP contribution >= 0.6 is 0 Å².